The van der Waals surface area contributed by atoms with Gasteiger partial charge in [0, 0.05) is 12.0 Å². The highest BCUT2D eigenvalue weighted by Crippen LogP contribution is 2.17. The van der Waals surface area contributed by atoms with Gasteiger partial charge in [0.2, 0.25) is 0 Å². The molecule has 0 N–H and O–H groups in total. The molecule has 0 saturated heterocycles. The highest BCUT2D eigenvalue weighted by Gasteiger charge is 2.10. The minimum atomic E-state index is 0.0628. The Bertz CT molecular complexity index is 770. The molecule has 19 heavy (non-hydrogen) atoms. The van der Waals surface area contributed by atoms with Crippen LogP contribution in [-0.4, -0.2) is 0 Å². The van der Waals surface area contributed by atoms with Crippen LogP contribution in [0.25, 0.3) is 11.0 Å². The van der Waals surface area contributed by atoms with Gasteiger partial charge in [-0.05, 0) is 24.6 Å². The van der Waals surface area contributed by atoms with Crippen LogP contribution in [-0.2, 0) is 6.42 Å². The molecule has 94 valence electrons. The molecule has 0 aliphatic rings. The van der Waals surface area contributed by atoms with Gasteiger partial charge in [-0.3, -0.25) is 4.79 Å². The van der Waals surface area contributed by atoms with Crippen molar-refractivity contribution < 1.29 is 4.42 Å². The third kappa shape index (κ3) is 2.17. The van der Waals surface area contributed by atoms with E-state index in [0.29, 0.717) is 23.0 Å². The number of rotatable bonds is 2. The maximum Gasteiger partial charge on any atom is 0.195 e. The summed E-state index contributed by atoms with van der Waals surface area (Å²) in [6.07, 6.45) is 0.646. The Morgan fingerprint density at radius 3 is 2.42 bits per heavy atom. The molecule has 3 rings (SSSR count). The number of fused-ring (bicyclic) bond motifs is 1. The standard InChI is InChI=1S/C17H14O2/c1-12-16(11-13-7-3-2-4-8-13)19-15-10-6-5-9-14(15)17(12)18/h2-10H,11H2,1H3. The predicted octanol–water partition coefficient (Wildman–Crippen LogP) is 3.69. The number of para-hydroxylation sites is 1. The lowest BCUT2D eigenvalue weighted by Gasteiger charge is -2.06. The Morgan fingerprint density at radius 1 is 0.947 bits per heavy atom. The van der Waals surface area contributed by atoms with Gasteiger partial charge in [-0.15, -0.1) is 0 Å². The Morgan fingerprint density at radius 2 is 1.63 bits per heavy atom. The minimum Gasteiger partial charge on any atom is -0.460 e. The van der Waals surface area contributed by atoms with Crippen molar-refractivity contribution in [1.29, 1.82) is 0 Å². The summed E-state index contributed by atoms with van der Waals surface area (Å²) in [5, 5.41) is 0.650. The van der Waals surface area contributed by atoms with Crippen LogP contribution in [0.3, 0.4) is 0 Å². The summed E-state index contributed by atoms with van der Waals surface area (Å²) in [6.45, 7) is 1.83. The zero-order valence-corrected chi connectivity index (χ0v) is 10.7. The summed E-state index contributed by atoms with van der Waals surface area (Å²) in [4.78, 5) is 12.3. The van der Waals surface area contributed by atoms with Gasteiger partial charge in [0.15, 0.2) is 5.43 Å². The molecule has 2 aromatic carbocycles. The van der Waals surface area contributed by atoms with Crippen molar-refractivity contribution in [2.75, 3.05) is 0 Å². The smallest absolute Gasteiger partial charge is 0.195 e. The van der Waals surface area contributed by atoms with E-state index < -0.39 is 0 Å². The Balaban J connectivity index is 2.14. The molecular weight excluding hydrogens is 236 g/mol. The molecule has 0 unspecified atom stereocenters. The lowest BCUT2D eigenvalue weighted by atomic mass is 10.1. The van der Waals surface area contributed by atoms with Gasteiger partial charge in [0.25, 0.3) is 0 Å². The third-order valence-electron chi connectivity index (χ3n) is 3.33. The molecule has 1 aromatic heterocycles. The molecule has 0 aliphatic heterocycles. The molecule has 2 heteroatoms. The van der Waals surface area contributed by atoms with Crippen LogP contribution in [0.4, 0.5) is 0 Å². The number of benzene rings is 2. The molecule has 0 aliphatic carbocycles. The first-order chi connectivity index (χ1) is 9.25. The summed E-state index contributed by atoms with van der Waals surface area (Å²) in [5.74, 6) is 0.745. The van der Waals surface area contributed by atoms with E-state index in [4.69, 9.17) is 4.42 Å². The van der Waals surface area contributed by atoms with E-state index in [1.54, 1.807) is 6.07 Å². The van der Waals surface area contributed by atoms with Gasteiger partial charge in [0.05, 0.1) is 5.39 Å². The van der Waals surface area contributed by atoms with Crippen LogP contribution in [0.1, 0.15) is 16.9 Å². The quantitative estimate of drug-likeness (QED) is 0.694. The molecule has 0 spiro atoms. The Kier molecular flexibility index (Phi) is 2.92. The van der Waals surface area contributed by atoms with Crippen LogP contribution in [0.5, 0.6) is 0 Å². The van der Waals surface area contributed by atoms with E-state index in [1.165, 1.54) is 0 Å². The Hall–Kier alpha value is -2.35. The summed E-state index contributed by atoms with van der Waals surface area (Å²) >= 11 is 0. The second-order valence-corrected chi connectivity index (χ2v) is 4.64. The van der Waals surface area contributed by atoms with Gasteiger partial charge in [-0.25, -0.2) is 0 Å². The average molecular weight is 250 g/mol. The predicted molar refractivity (Wildman–Crippen MR) is 76.5 cm³/mol. The third-order valence-corrected chi connectivity index (χ3v) is 3.33. The molecule has 0 radical (unpaired) electrons. The van der Waals surface area contributed by atoms with Crippen molar-refractivity contribution in [3.8, 4) is 0 Å². The van der Waals surface area contributed by atoms with E-state index in [9.17, 15) is 4.79 Å². The van der Waals surface area contributed by atoms with Crippen LogP contribution in [0, 0.1) is 6.92 Å². The monoisotopic (exact) mass is 250 g/mol. The molecule has 0 atom stereocenters. The van der Waals surface area contributed by atoms with Gasteiger partial charge < -0.3 is 4.42 Å². The fourth-order valence-electron chi connectivity index (χ4n) is 2.23. The van der Waals surface area contributed by atoms with Crippen molar-refractivity contribution in [1.82, 2.24) is 0 Å². The molecule has 2 nitrogen and oxygen atoms in total. The van der Waals surface area contributed by atoms with Crippen LogP contribution in [0.15, 0.2) is 63.8 Å². The molecule has 0 amide bonds. The van der Waals surface area contributed by atoms with E-state index >= 15 is 0 Å². The molecule has 0 fully saturated rings. The highest BCUT2D eigenvalue weighted by atomic mass is 16.3. The fourth-order valence-corrected chi connectivity index (χ4v) is 2.23. The second-order valence-electron chi connectivity index (χ2n) is 4.64. The van der Waals surface area contributed by atoms with Crippen LogP contribution >= 0.6 is 0 Å². The zero-order chi connectivity index (χ0) is 13.2. The largest absolute Gasteiger partial charge is 0.460 e. The molecule has 0 saturated carbocycles. The van der Waals surface area contributed by atoms with E-state index in [1.807, 2.05) is 55.5 Å². The highest BCUT2D eigenvalue weighted by molar-refractivity contribution is 5.77. The Labute approximate surface area is 111 Å². The number of hydrogen-bond donors (Lipinski definition) is 0. The maximum absolute atomic E-state index is 12.3. The number of hydrogen-bond acceptors (Lipinski definition) is 2. The van der Waals surface area contributed by atoms with Crippen molar-refractivity contribution in [3.63, 3.8) is 0 Å². The van der Waals surface area contributed by atoms with E-state index in [0.717, 1.165) is 11.3 Å². The van der Waals surface area contributed by atoms with E-state index in [2.05, 4.69) is 0 Å². The minimum absolute atomic E-state index is 0.0628. The molecular formula is C17H14O2. The summed E-state index contributed by atoms with van der Waals surface area (Å²) < 4.78 is 5.88. The van der Waals surface area contributed by atoms with Crippen LogP contribution in [0.2, 0.25) is 0 Å². The van der Waals surface area contributed by atoms with Gasteiger partial charge in [0.1, 0.15) is 11.3 Å². The van der Waals surface area contributed by atoms with Crippen molar-refractivity contribution in [3.05, 3.63) is 81.7 Å². The zero-order valence-electron chi connectivity index (χ0n) is 10.7. The second kappa shape index (κ2) is 4.73. The first-order valence-corrected chi connectivity index (χ1v) is 6.31. The normalized spacial score (nSPS) is 10.8. The first kappa shape index (κ1) is 11.7. The molecule has 0 bridgehead atoms. The van der Waals surface area contributed by atoms with Crippen molar-refractivity contribution in [2.24, 2.45) is 0 Å². The van der Waals surface area contributed by atoms with Gasteiger partial charge in [-0.1, -0.05) is 42.5 Å². The average Bonchev–Trinajstić information content (AvgIpc) is 2.46. The summed E-state index contributed by atoms with van der Waals surface area (Å²) in [6, 6.07) is 17.4. The fraction of sp³-hybridized carbons (Fsp3) is 0.118. The van der Waals surface area contributed by atoms with Crippen molar-refractivity contribution >= 4 is 11.0 Å². The lowest BCUT2D eigenvalue weighted by Crippen LogP contribution is -2.09. The van der Waals surface area contributed by atoms with E-state index in [-0.39, 0.29) is 5.43 Å². The molecule has 3 aromatic rings. The summed E-state index contributed by atoms with van der Waals surface area (Å²) in [7, 11) is 0. The van der Waals surface area contributed by atoms with Crippen LogP contribution < -0.4 is 5.43 Å². The lowest BCUT2D eigenvalue weighted by molar-refractivity contribution is 0.543. The van der Waals surface area contributed by atoms with Crippen molar-refractivity contribution in [2.45, 2.75) is 13.3 Å². The topological polar surface area (TPSA) is 30.2 Å². The first-order valence-electron chi connectivity index (χ1n) is 6.31. The molecule has 1 heterocycles. The summed E-state index contributed by atoms with van der Waals surface area (Å²) in [5.41, 5.74) is 2.56. The SMILES string of the molecule is Cc1c(Cc2ccccc2)oc2ccccc2c1=O. The van der Waals surface area contributed by atoms with Gasteiger partial charge >= 0.3 is 0 Å². The van der Waals surface area contributed by atoms with Gasteiger partial charge in [-0.2, -0.15) is 0 Å². The maximum atomic E-state index is 12.3.